The second-order valence-electron chi connectivity index (χ2n) is 3.21. The molecule has 0 aliphatic carbocycles. The van der Waals surface area contributed by atoms with Gasteiger partial charge in [-0.25, -0.2) is 4.21 Å². The van der Waals surface area contributed by atoms with Crippen LogP contribution in [0.25, 0.3) is 0 Å². The van der Waals surface area contributed by atoms with E-state index in [0.717, 1.165) is 26.2 Å². The first-order valence-corrected chi connectivity index (χ1v) is 6.05. The molecule has 8 heteroatoms. The maximum atomic E-state index is 10.1. The summed E-state index contributed by atoms with van der Waals surface area (Å²) in [5.41, 5.74) is 0. The van der Waals surface area contributed by atoms with Crippen LogP contribution in [0.1, 0.15) is 6.92 Å². The fourth-order valence-electron chi connectivity index (χ4n) is 1.50. The van der Waals surface area contributed by atoms with E-state index in [9.17, 15) is 8.76 Å². The summed E-state index contributed by atoms with van der Waals surface area (Å²) in [6.45, 7) is 7.01. The Kier molecular flexibility index (Phi) is 8.94. The zero-order valence-corrected chi connectivity index (χ0v) is 10.2. The summed E-state index contributed by atoms with van der Waals surface area (Å²) in [5.74, 6) is 0. The summed E-state index contributed by atoms with van der Waals surface area (Å²) >= 11 is -2.39. The first-order chi connectivity index (χ1) is 7.22. The van der Waals surface area contributed by atoms with Crippen molar-refractivity contribution in [1.29, 1.82) is 0 Å². The highest BCUT2D eigenvalue weighted by Gasteiger charge is 2.16. The molecule has 98 valence electrons. The van der Waals surface area contributed by atoms with Gasteiger partial charge in [0.2, 0.25) is 0 Å². The highest BCUT2D eigenvalue weighted by atomic mass is 32.2. The maximum Gasteiger partial charge on any atom is 0.0842 e. The molecule has 1 atom stereocenters. The third-order valence-electron chi connectivity index (χ3n) is 2.23. The molecule has 0 aromatic carbocycles. The van der Waals surface area contributed by atoms with Crippen molar-refractivity contribution in [2.75, 3.05) is 45.9 Å². The second kappa shape index (κ2) is 8.99. The number of hydrogen-bond acceptors (Lipinski definition) is 6. The quantitative estimate of drug-likeness (QED) is 0.538. The molecule has 1 fully saturated rings. The Morgan fingerprint density at radius 1 is 1.31 bits per heavy atom. The summed E-state index contributed by atoms with van der Waals surface area (Å²) in [7, 11) is 0. The molecule has 0 amide bonds. The molecular formula is C8H19N2O5S-. The van der Waals surface area contributed by atoms with E-state index in [-0.39, 0.29) is 12.1 Å². The second-order valence-corrected chi connectivity index (χ2v) is 3.86. The van der Waals surface area contributed by atoms with Crippen LogP contribution in [0.4, 0.5) is 0 Å². The number of hydrogen-bond donors (Lipinski definition) is 0. The molecule has 7 nitrogen and oxygen atoms in total. The van der Waals surface area contributed by atoms with Crippen molar-refractivity contribution >= 4 is 11.4 Å². The Labute approximate surface area is 98.1 Å². The van der Waals surface area contributed by atoms with E-state index >= 15 is 0 Å². The van der Waals surface area contributed by atoms with E-state index in [2.05, 4.69) is 9.08 Å². The molecule has 0 aromatic heterocycles. The van der Waals surface area contributed by atoms with Gasteiger partial charge >= 0.3 is 0 Å². The molecule has 2 N–H and O–H groups in total. The number of hydroxylamine groups is 2. The molecule has 1 heterocycles. The minimum Gasteiger partial charge on any atom is -0.750 e. The molecule has 1 saturated heterocycles. The molecule has 0 bridgehead atoms. The minimum atomic E-state index is -2.39. The Morgan fingerprint density at radius 2 is 1.94 bits per heavy atom. The standard InChI is InChI=1S/C8H18N2O4S.H2O/c1-2-13-10-5-3-9(4-6-10)7-8-14-15(11)12;/h2-8H2,1H3,(H,11,12);1H2/p-1. The fraction of sp³-hybridized carbons (Fsp3) is 1.00. The average molecular weight is 255 g/mol. The van der Waals surface area contributed by atoms with E-state index in [1.807, 2.05) is 12.0 Å². The van der Waals surface area contributed by atoms with Crippen molar-refractivity contribution in [3.8, 4) is 0 Å². The highest BCUT2D eigenvalue weighted by molar-refractivity contribution is 7.74. The number of nitrogens with zero attached hydrogens (tertiary/aromatic N) is 2. The third kappa shape index (κ3) is 6.48. The van der Waals surface area contributed by atoms with E-state index in [1.54, 1.807) is 0 Å². The van der Waals surface area contributed by atoms with Crippen molar-refractivity contribution in [2.24, 2.45) is 0 Å². The molecular weight excluding hydrogens is 236 g/mol. The van der Waals surface area contributed by atoms with Crippen LogP contribution in [-0.2, 0) is 20.4 Å². The summed E-state index contributed by atoms with van der Waals surface area (Å²) in [6.07, 6.45) is 0. The van der Waals surface area contributed by atoms with Gasteiger partial charge in [-0.05, 0) is 6.92 Å². The van der Waals surface area contributed by atoms with Crippen LogP contribution in [0.15, 0.2) is 0 Å². The monoisotopic (exact) mass is 255 g/mol. The average Bonchev–Trinajstić information content (AvgIpc) is 2.20. The zero-order chi connectivity index (χ0) is 11.1. The van der Waals surface area contributed by atoms with Crippen molar-refractivity contribution in [2.45, 2.75) is 6.92 Å². The van der Waals surface area contributed by atoms with Crippen LogP contribution in [0.2, 0.25) is 0 Å². The zero-order valence-electron chi connectivity index (χ0n) is 9.39. The smallest absolute Gasteiger partial charge is 0.0842 e. The predicted molar refractivity (Wildman–Crippen MR) is 58.1 cm³/mol. The van der Waals surface area contributed by atoms with Gasteiger partial charge in [0.05, 0.1) is 24.6 Å². The first-order valence-electron chi connectivity index (χ1n) is 5.05. The van der Waals surface area contributed by atoms with Crippen molar-refractivity contribution in [3.05, 3.63) is 0 Å². The Bertz CT molecular complexity index is 199. The van der Waals surface area contributed by atoms with Crippen LogP contribution in [0.5, 0.6) is 0 Å². The Morgan fingerprint density at radius 3 is 2.44 bits per heavy atom. The summed E-state index contributed by atoms with van der Waals surface area (Å²) in [5, 5.41) is 1.93. The molecule has 1 rings (SSSR count). The van der Waals surface area contributed by atoms with E-state index in [4.69, 9.17) is 4.84 Å². The van der Waals surface area contributed by atoms with Gasteiger partial charge in [-0.1, -0.05) is 0 Å². The number of piperazine rings is 1. The molecule has 0 saturated carbocycles. The SMILES string of the molecule is CCON1CCN(CCOS(=O)[O-])CC1.O. The maximum absolute atomic E-state index is 10.1. The molecule has 1 unspecified atom stereocenters. The van der Waals surface area contributed by atoms with Crippen LogP contribution < -0.4 is 0 Å². The van der Waals surface area contributed by atoms with Crippen molar-refractivity contribution < 1.29 is 23.3 Å². The molecule has 0 spiro atoms. The third-order valence-corrected chi connectivity index (χ3v) is 2.59. The molecule has 16 heavy (non-hydrogen) atoms. The fourth-order valence-corrected chi connectivity index (χ4v) is 1.71. The van der Waals surface area contributed by atoms with E-state index < -0.39 is 11.4 Å². The van der Waals surface area contributed by atoms with Gasteiger partial charge in [-0.2, -0.15) is 5.06 Å². The van der Waals surface area contributed by atoms with Gasteiger partial charge in [-0.3, -0.25) is 13.9 Å². The number of rotatable bonds is 6. The predicted octanol–water partition coefficient (Wildman–Crippen LogP) is -1.46. The normalized spacial score (nSPS) is 20.4. The van der Waals surface area contributed by atoms with Gasteiger partial charge in [0.25, 0.3) is 0 Å². The van der Waals surface area contributed by atoms with Crippen LogP contribution in [0.3, 0.4) is 0 Å². The largest absolute Gasteiger partial charge is 0.750 e. The molecule has 0 radical (unpaired) electrons. The lowest BCUT2D eigenvalue weighted by atomic mass is 10.3. The van der Waals surface area contributed by atoms with Crippen molar-refractivity contribution in [3.63, 3.8) is 0 Å². The highest BCUT2D eigenvalue weighted by Crippen LogP contribution is 2.01. The first kappa shape index (κ1) is 15.9. The van der Waals surface area contributed by atoms with Gasteiger partial charge in [0, 0.05) is 32.7 Å². The van der Waals surface area contributed by atoms with Crippen LogP contribution in [-0.4, -0.2) is 70.1 Å². The van der Waals surface area contributed by atoms with Gasteiger partial charge in [0.1, 0.15) is 0 Å². The van der Waals surface area contributed by atoms with E-state index in [0.29, 0.717) is 13.2 Å². The van der Waals surface area contributed by atoms with Gasteiger partial charge < -0.3 is 10.0 Å². The summed E-state index contributed by atoms with van der Waals surface area (Å²) in [6, 6.07) is 0. The molecule has 1 aliphatic heterocycles. The minimum absolute atomic E-state index is 0. The van der Waals surface area contributed by atoms with Crippen LogP contribution >= 0.6 is 0 Å². The van der Waals surface area contributed by atoms with E-state index in [1.165, 1.54) is 0 Å². The Balaban J connectivity index is 0.00000225. The lowest BCUT2D eigenvalue weighted by Crippen LogP contribution is -2.47. The Hall–Kier alpha value is -0.0900. The van der Waals surface area contributed by atoms with Crippen LogP contribution in [0, 0.1) is 0 Å². The molecule has 1 aliphatic rings. The summed E-state index contributed by atoms with van der Waals surface area (Å²) < 4.78 is 24.7. The van der Waals surface area contributed by atoms with Gasteiger partial charge in [-0.15, -0.1) is 0 Å². The van der Waals surface area contributed by atoms with Crippen molar-refractivity contribution in [1.82, 2.24) is 9.96 Å². The topological polar surface area (TPSA) is 96.6 Å². The lowest BCUT2D eigenvalue weighted by Gasteiger charge is -2.33. The molecule has 0 aromatic rings. The summed E-state index contributed by atoms with van der Waals surface area (Å²) in [4.78, 5) is 7.51. The lowest BCUT2D eigenvalue weighted by molar-refractivity contribution is -0.172. The van der Waals surface area contributed by atoms with Gasteiger partial charge in [0.15, 0.2) is 0 Å².